The number of imidazole rings is 1. The standard InChI is InChI=1S/C12H18ClN5O/c1-14-11(10-7-17(2)8-15-10)12-9(13)6-16-18(12)4-5-19-3/h6-8,11,14H,4-5H2,1-3H3. The Morgan fingerprint density at radius 3 is 2.89 bits per heavy atom. The second-order valence-electron chi connectivity index (χ2n) is 4.28. The molecule has 19 heavy (non-hydrogen) atoms. The van der Waals surface area contributed by atoms with E-state index in [9.17, 15) is 0 Å². The summed E-state index contributed by atoms with van der Waals surface area (Å²) in [6, 6.07) is -0.0898. The maximum absolute atomic E-state index is 6.26. The summed E-state index contributed by atoms with van der Waals surface area (Å²) in [5, 5.41) is 8.14. The summed E-state index contributed by atoms with van der Waals surface area (Å²) in [6.45, 7) is 1.24. The Morgan fingerprint density at radius 1 is 1.53 bits per heavy atom. The van der Waals surface area contributed by atoms with Gasteiger partial charge in [0.15, 0.2) is 0 Å². The molecule has 0 saturated carbocycles. The van der Waals surface area contributed by atoms with E-state index in [1.165, 1.54) is 0 Å². The number of aryl methyl sites for hydroxylation is 1. The number of ether oxygens (including phenoxy) is 1. The number of nitrogens with zero attached hydrogens (tertiary/aromatic N) is 4. The molecular weight excluding hydrogens is 266 g/mol. The molecule has 2 aromatic rings. The van der Waals surface area contributed by atoms with Gasteiger partial charge < -0.3 is 14.6 Å². The predicted octanol–water partition coefficient (Wildman–Crippen LogP) is 1.23. The molecule has 0 aromatic carbocycles. The molecule has 0 fully saturated rings. The Hall–Kier alpha value is -1.37. The lowest BCUT2D eigenvalue weighted by atomic mass is 10.1. The molecule has 0 radical (unpaired) electrons. The summed E-state index contributed by atoms with van der Waals surface area (Å²) >= 11 is 6.26. The topological polar surface area (TPSA) is 56.9 Å². The lowest BCUT2D eigenvalue weighted by Gasteiger charge is -2.16. The van der Waals surface area contributed by atoms with Gasteiger partial charge in [0.2, 0.25) is 0 Å². The van der Waals surface area contributed by atoms with E-state index in [4.69, 9.17) is 16.3 Å². The summed E-state index contributed by atoms with van der Waals surface area (Å²) in [4.78, 5) is 4.37. The molecule has 0 aliphatic heterocycles. The van der Waals surface area contributed by atoms with Crippen molar-refractivity contribution in [1.29, 1.82) is 0 Å². The number of hydrogen-bond acceptors (Lipinski definition) is 4. The first-order valence-electron chi connectivity index (χ1n) is 6.02. The monoisotopic (exact) mass is 283 g/mol. The number of halogens is 1. The number of methoxy groups -OCH3 is 1. The zero-order chi connectivity index (χ0) is 13.8. The van der Waals surface area contributed by atoms with Crippen LogP contribution in [0.25, 0.3) is 0 Å². The molecule has 2 heterocycles. The predicted molar refractivity (Wildman–Crippen MR) is 73.2 cm³/mol. The van der Waals surface area contributed by atoms with Gasteiger partial charge in [-0.1, -0.05) is 11.6 Å². The normalized spacial score (nSPS) is 12.8. The molecule has 7 heteroatoms. The van der Waals surface area contributed by atoms with E-state index in [1.807, 2.05) is 29.5 Å². The molecule has 0 aliphatic rings. The van der Waals surface area contributed by atoms with Crippen LogP contribution in [0.15, 0.2) is 18.7 Å². The molecule has 0 amide bonds. The Morgan fingerprint density at radius 2 is 2.32 bits per heavy atom. The van der Waals surface area contributed by atoms with Gasteiger partial charge in [-0.15, -0.1) is 0 Å². The largest absolute Gasteiger partial charge is 0.383 e. The van der Waals surface area contributed by atoms with Crippen LogP contribution in [0.4, 0.5) is 0 Å². The van der Waals surface area contributed by atoms with Crippen molar-refractivity contribution in [2.45, 2.75) is 12.6 Å². The van der Waals surface area contributed by atoms with E-state index in [0.29, 0.717) is 18.2 Å². The van der Waals surface area contributed by atoms with Gasteiger partial charge in [-0.05, 0) is 7.05 Å². The summed E-state index contributed by atoms with van der Waals surface area (Å²) < 4.78 is 8.84. The van der Waals surface area contributed by atoms with Crippen molar-refractivity contribution in [2.75, 3.05) is 20.8 Å². The molecule has 0 aliphatic carbocycles. The van der Waals surface area contributed by atoms with Crippen LogP contribution in [0.2, 0.25) is 5.02 Å². The number of aromatic nitrogens is 4. The van der Waals surface area contributed by atoms with Crippen molar-refractivity contribution in [3.8, 4) is 0 Å². The average molecular weight is 284 g/mol. The SMILES string of the molecule is CNC(c1cn(C)cn1)c1c(Cl)cnn1CCOC. The lowest BCUT2D eigenvalue weighted by molar-refractivity contribution is 0.182. The molecule has 0 bridgehead atoms. The molecular formula is C12H18ClN5O. The first kappa shape index (κ1) is 14.0. The Balaban J connectivity index is 2.34. The van der Waals surface area contributed by atoms with Crippen molar-refractivity contribution in [2.24, 2.45) is 7.05 Å². The zero-order valence-corrected chi connectivity index (χ0v) is 12.1. The van der Waals surface area contributed by atoms with Gasteiger partial charge in [-0.3, -0.25) is 4.68 Å². The molecule has 0 spiro atoms. The molecule has 2 aromatic heterocycles. The highest BCUT2D eigenvalue weighted by molar-refractivity contribution is 6.31. The van der Waals surface area contributed by atoms with Crippen molar-refractivity contribution in [3.05, 3.63) is 35.1 Å². The maximum Gasteiger partial charge on any atom is 0.0950 e. The highest BCUT2D eigenvalue weighted by atomic mass is 35.5. The van der Waals surface area contributed by atoms with Gasteiger partial charge in [0.05, 0.1) is 48.1 Å². The van der Waals surface area contributed by atoms with Gasteiger partial charge in [0.1, 0.15) is 0 Å². The molecule has 1 unspecified atom stereocenters. The fraction of sp³-hybridized carbons (Fsp3) is 0.500. The first-order chi connectivity index (χ1) is 9.17. The number of hydrogen-bond donors (Lipinski definition) is 1. The summed E-state index contributed by atoms with van der Waals surface area (Å²) in [5.74, 6) is 0. The van der Waals surface area contributed by atoms with E-state index >= 15 is 0 Å². The van der Waals surface area contributed by atoms with Crippen LogP contribution in [-0.4, -0.2) is 40.1 Å². The third kappa shape index (κ3) is 2.97. The minimum absolute atomic E-state index is 0.0898. The molecule has 6 nitrogen and oxygen atoms in total. The third-order valence-corrected chi connectivity index (χ3v) is 3.21. The minimum atomic E-state index is -0.0898. The van der Waals surface area contributed by atoms with Crippen molar-refractivity contribution < 1.29 is 4.74 Å². The number of nitrogens with one attached hydrogen (secondary N) is 1. The van der Waals surface area contributed by atoms with Crippen LogP contribution in [0.3, 0.4) is 0 Å². The summed E-state index contributed by atoms with van der Waals surface area (Å²) in [6.07, 6.45) is 5.38. The van der Waals surface area contributed by atoms with Crippen LogP contribution >= 0.6 is 11.6 Å². The van der Waals surface area contributed by atoms with Gasteiger partial charge in [-0.2, -0.15) is 5.10 Å². The molecule has 104 valence electrons. The van der Waals surface area contributed by atoms with Gasteiger partial charge in [0, 0.05) is 20.4 Å². The quantitative estimate of drug-likeness (QED) is 0.866. The van der Waals surface area contributed by atoms with E-state index < -0.39 is 0 Å². The highest BCUT2D eigenvalue weighted by Crippen LogP contribution is 2.27. The van der Waals surface area contributed by atoms with E-state index in [0.717, 1.165) is 11.4 Å². The average Bonchev–Trinajstić information content (AvgIpc) is 2.97. The second-order valence-corrected chi connectivity index (χ2v) is 4.69. The zero-order valence-electron chi connectivity index (χ0n) is 11.3. The van der Waals surface area contributed by atoms with Gasteiger partial charge >= 0.3 is 0 Å². The van der Waals surface area contributed by atoms with Crippen molar-refractivity contribution in [3.63, 3.8) is 0 Å². The maximum atomic E-state index is 6.26. The van der Waals surface area contributed by atoms with Crippen LogP contribution in [0, 0.1) is 0 Å². The summed E-state index contributed by atoms with van der Waals surface area (Å²) in [5.41, 5.74) is 1.81. The van der Waals surface area contributed by atoms with Crippen LogP contribution in [-0.2, 0) is 18.3 Å². The first-order valence-corrected chi connectivity index (χ1v) is 6.40. The second kappa shape index (κ2) is 6.18. The summed E-state index contributed by atoms with van der Waals surface area (Å²) in [7, 11) is 5.48. The smallest absolute Gasteiger partial charge is 0.0950 e. The molecule has 2 rings (SSSR count). The van der Waals surface area contributed by atoms with Crippen LogP contribution < -0.4 is 5.32 Å². The minimum Gasteiger partial charge on any atom is -0.383 e. The Bertz CT molecular complexity index is 536. The molecule has 1 N–H and O–H groups in total. The van der Waals surface area contributed by atoms with Crippen molar-refractivity contribution in [1.82, 2.24) is 24.6 Å². The van der Waals surface area contributed by atoms with E-state index in [1.54, 1.807) is 19.6 Å². The highest BCUT2D eigenvalue weighted by Gasteiger charge is 2.22. The fourth-order valence-electron chi connectivity index (χ4n) is 2.02. The Labute approximate surface area is 117 Å². The number of rotatable bonds is 6. The molecule has 1 atom stereocenters. The fourth-order valence-corrected chi connectivity index (χ4v) is 2.27. The van der Waals surface area contributed by atoms with Gasteiger partial charge in [-0.25, -0.2) is 4.98 Å². The van der Waals surface area contributed by atoms with Crippen LogP contribution in [0.1, 0.15) is 17.4 Å². The van der Waals surface area contributed by atoms with Gasteiger partial charge in [0.25, 0.3) is 0 Å². The van der Waals surface area contributed by atoms with E-state index in [2.05, 4.69) is 15.4 Å². The van der Waals surface area contributed by atoms with Crippen molar-refractivity contribution >= 4 is 11.6 Å². The lowest BCUT2D eigenvalue weighted by Crippen LogP contribution is -2.23. The third-order valence-electron chi connectivity index (χ3n) is 2.92. The van der Waals surface area contributed by atoms with E-state index in [-0.39, 0.29) is 6.04 Å². The van der Waals surface area contributed by atoms with Crippen LogP contribution in [0.5, 0.6) is 0 Å². The Kier molecular flexibility index (Phi) is 4.57. The molecule has 0 saturated heterocycles.